The van der Waals surface area contributed by atoms with E-state index in [-0.39, 0.29) is 11.9 Å². The highest BCUT2D eigenvalue weighted by Gasteiger charge is 2.08. The topological polar surface area (TPSA) is 41.1 Å². The maximum Gasteiger partial charge on any atom is 0.234 e. The van der Waals surface area contributed by atoms with Gasteiger partial charge in [-0.25, -0.2) is 0 Å². The molecule has 0 aromatic heterocycles. The van der Waals surface area contributed by atoms with E-state index in [4.69, 9.17) is 11.6 Å². The third-order valence-corrected chi connectivity index (χ3v) is 2.71. The van der Waals surface area contributed by atoms with Crippen molar-refractivity contribution in [1.82, 2.24) is 10.6 Å². The second-order valence-electron chi connectivity index (χ2n) is 4.02. The lowest BCUT2D eigenvalue weighted by Crippen LogP contribution is -2.35. The van der Waals surface area contributed by atoms with Gasteiger partial charge in [0.2, 0.25) is 5.91 Å². The number of benzene rings is 1. The average Bonchev–Trinajstić information content (AvgIpc) is 2.30. The summed E-state index contributed by atoms with van der Waals surface area (Å²) >= 11 is 5.81. The SMILES string of the molecule is CCCNCC(=O)N[C@@H](C)c1ccc(Cl)cc1. The van der Waals surface area contributed by atoms with Crippen LogP contribution in [0.3, 0.4) is 0 Å². The first kappa shape index (κ1) is 14.0. The molecule has 0 unspecified atom stereocenters. The van der Waals surface area contributed by atoms with Gasteiger partial charge in [-0.2, -0.15) is 0 Å². The second kappa shape index (κ2) is 7.30. The molecule has 2 N–H and O–H groups in total. The van der Waals surface area contributed by atoms with E-state index in [1.165, 1.54) is 0 Å². The van der Waals surface area contributed by atoms with Gasteiger partial charge in [0.25, 0.3) is 0 Å². The Labute approximate surface area is 108 Å². The van der Waals surface area contributed by atoms with E-state index < -0.39 is 0 Å². The molecule has 0 aliphatic rings. The number of hydrogen-bond acceptors (Lipinski definition) is 2. The maximum atomic E-state index is 11.6. The summed E-state index contributed by atoms with van der Waals surface area (Å²) in [5.74, 6) is 0.0147. The first-order valence-electron chi connectivity index (χ1n) is 5.89. The van der Waals surface area contributed by atoms with Gasteiger partial charge in [-0.3, -0.25) is 4.79 Å². The summed E-state index contributed by atoms with van der Waals surface area (Å²) in [7, 11) is 0. The largest absolute Gasteiger partial charge is 0.348 e. The molecule has 0 bridgehead atoms. The molecule has 0 fully saturated rings. The van der Waals surface area contributed by atoms with E-state index >= 15 is 0 Å². The molecule has 0 aliphatic carbocycles. The van der Waals surface area contributed by atoms with E-state index in [0.717, 1.165) is 18.5 Å². The third kappa shape index (κ3) is 5.20. The molecule has 1 atom stereocenters. The number of amides is 1. The van der Waals surface area contributed by atoms with Crippen LogP contribution in [0.4, 0.5) is 0 Å². The molecular weight excluding hydrogens is 236 g/mol. The molecule has 3 nitrogen and oxygen atoms in total. The Morgan fingerprint density at radius 3 is 2.59 bits per heavy atom. The smallest absolute Gasteiger partial charge is 0.234 e. The van der Waals surface area contributed by atoms with Gasteiger partial charge >= 0.3 is 0 Å². The van der Waals surface area contributed by atoms with E-state index in [1.54, 1.807) is 0 Å². The molecule has 0 radical (unpaired) electrons. The van der Waals surface area contributed by atoms with Crippen LogP contribution in [0.15, 0.2) is 24.3 Å². The number of nitrogens with one attached hydrogen (secondary N) is 2. The van der Waals surface area contributed by atoms with E-state index in [9.17, 15) is 4.79 Å². The Morgan fingerprint density at radius 1 is 1.35 bits per heavy atom. The van der Waals surface area contributed by atoms with Crippen LogP contribution in [0.2, 0.25) is 5.02 Å². The zero-order chi connectivity index (χ0) is 12.7. The summed E-state index contributed by atoms with van der Waals surface area (Å²) in [5, 5.41) is 6.70. The van der Waals surface area contributed by atoms with Gasteiger partial charge in [0.1, 0.15) is 0 Å². The van der Waals surface area contributed by atoms with Gasteiger partial charge in [0.15, 0.2) is 0 Å². The van der Waals surface area contributed by atoms with Crippen LogP contribution in [-0.2, 0) is 4.79 Å². The minimum atomic E-state index is 0.00296. The standard InChI is InChI=1S/C13H19ClN2O/c1-3-8-15-9-13(17)16-10(2)11-4-6-12(14)7-5-11/h4-7,10,15H,3,8-9H2,1-2H3,(H,16,17)/t10-/m0/s1. The van der Waals surface area contributed by atoms with Crippen LogP contribution in [0.1, 0.15) is 31.9 Å². The summed E-state index contributed by atoms with van der Waals surface area (Å²) in [6.07, 6.45) is 1.03. The van der Waals surface area contributed by atoms with Gasteiger partial charge in [-0.05, 0) is 37.6 Å². The summed E-state index contributed by atoms with van der Waals surface area (Å²) < 4.78 is 0. The highest BCUT2D eigenvalue weighted by atomic mass is 35.5. The van der Waals surface area contributed by atoms with Crippen molar-refractivity contribution < 1.29 is 4.79 Å². The van der Waals surface area contributed by atoms with Crippen molar-refractivity contribution in [1.29, 1.82) is 0 Å². The van der Waals surface area contributed by atoms with Gasteiger partial charge < -0.3 is 10.6 Å². The lowest BCUT2D eigenvalue weighted by Gasteiger charge is -2.14. The van der Waals surface area contributed by atoms with Gasteiger partial charge in [0, 0.05) is 5.02 Å². The molecule has 4 heteroatoms. The third-order valence-electron chi connectivity index (χ3n) is 2.46. The van der Waals surface area contributed by atoms with Crippen molar-refractivity contribution in [2.24, 2.45) is 0 Å². The molecule has 0 heterocycles. The molecular formula is C13H19ClN2O. The van der Waals surface area contributed by atoms with Gasteiger partial charge in [-0.15, -0.1) is 0 Å². The van der Waals surface area contributed by atoms with E-state index in [1.807, 2.05) is 31.2 Å². The predicted octanol–water partition coefficient (Wildman–Crippen LogP) is 2.52. The zero-order valence-corrected chi connectivity index (χ0v) is 11.1. The Bertz CT molecular complexity index is 351. The van der Waals surface area contributed by atoms with Crippen LogP contribution in [0, 0.1) is 0 Å². The molecule has 1 aromatic rings. The summed E-state index contributed by atoms with van der Waals surface area (Å²) in [6, 6.07) is 7.51. The fourth-order valence-corrected chi connectivity index (χ4v) is 1.63. The van der Waals surface area contributed by atoms with Crippen LogP contribution < -0.4 is 10.6 Å². The first-order chi connectivity index (χ1) is 8.13. The van der Waals surface area contributed by atoms with Crippen molar-refractivity contribution >= 4 is 17.5 Å². The molecule has 0 spiro atoms. The number of hydrogen-bond donors (Lipinski definition) is 2. The minimum Gasteiger partial charge on any atom is -0.348 e. The molecule has 1 rings (SSSR count). The van der Waals surface area contributed by atoms with Crippen molar-refractivity contribution in [2.45, 2.75) is 26.3 Å². The van der Waals surface area contributed by atoms with Crippen molar-refractivity contribution in [3.8, 4) is 0 Å². The summed E-state index contributed by atoms with van der Waals surface area (Å²) in [4.78, 5) is 11.6. The van der Waals surface area contributed by atoms with Gasteiger partial charge in [0.05, 0.1) is 12.6 Å². The van der Waals surface area contributed by atoms with Crippen molar-refractivity contribution in [3.63, 3.8) is 0 Å². The van der Waals surface area contributed by atoms with Crippen LogP contribution in [0.5, 0.6) is 0 Å². The highest BCUT2D eigenvalue weighted by Crippen LogP contribution is 2.15. The van der Waals surface area contributed by atoms with E-state index in [0.29, 0.717) is 11.6 Å². The number of rotatable bonds is 6. The number of carbonyl (C=O) groups excluding carboxylic acids is 1. The summed E-state index contributed by atoms with van der Waals surface area (Å²) in [6.45, 7) is 5.26. The normalized spacial score (nSPS) is 12.2. The molecule has 0 aliphatic heterocycles. The van der Waals surface area contributed by atoms with Crippen LogP contribution >= 0.6 is 11.6 Å². The lowest BCUT2D eigenvalue weighted by atomic mass is 10.1. The molecule has 0 saturated carbocycles. The molecule has 94 valence electrons. The minimum absolute atomic E-state index is 0.00296. The monoisotopic (exact) mass is 254 g/mol. The van der Waals surface area contributed by atoms with Gasteiger partial charge in [-0.1, -0.05) is 30.7 Å². The number of carbonyl (C=O) groups is 1. The Hall–Kier alpha value is -1.06. The lowest BCUT2D eigenvalue weighted by molar-refractivity contribution is -0.120. The fraction of sp³-hybridized carbons (Fsp3) is 0.462. The van der Waals surface area contributed by atoms with Crippen LogP contribution in [0.25, 0.3) is 0 Å². The summed E-state index contributed by atoms with van der Waals surface area (Å²) in [5.41, 5.74) is 1.05. The molecule has 1 aromatic carbocycles. The first-order valence-corrected chi connectivity index (χ1v) is 6.26. The van der Waals surface area contributed by atoms with Crippen molar-refractivity contribution in [3.05, 3.63) is 34.9 Å². The second-order valence-corrected chi connectivity index (χ2v) is 4.45. The molecule has 0 saturated heterocycles. The Morgan fingerprint density at radius 2 is 2.00 bits per heavy atom. The highest BCUT2D eigenvalue weighted by molar-refractivity contribution is 6.30. The number of halogens is 1. The fourth-order valence-electron chi connectivity index (χ4n) is 1.51. The van der Waals surface area contributed by atoms with Crippen LogP contribution in [-0.4, -0.2) is 19.0 Å². The quantitative estimate of drug-likeness (QED) is 0.766. The van der Waals surface area contributed by atoms with E-state index in [2.05, 4.69) is 17.6 Å². The molecule has 17 heavy (non-hydrogen) atoms. The Balaban J connectivity index is 2.40. The van der Waals surface area contributed by atoms with Crippen molar-refractivity contribution in [2.75, 3.05) is 13.1 Å². The maximum absolute atomic E-state index is 11.6. The molecule has 1 amide bonds. The average molecular weight is 255 g/mol. The zero-order valence-electron chi connectivity index (χ0n) is 10.3. The Kier molecular flexibility index (Phi) is 6.01. The predicted molar refractivity (Wildman–Crippen MR) is 71.2 cm³/mol.